The molecule has 0 fully saturated rings. The molecule has 18 heavy (non-hydrogen) atoms. The van der Waals surface area contributed by atoms with Gasteiger partial charge in [0.25, 0.3) is 0 Å². The molecule has 2 aromatic rings. The number of benzene rings is 1. The Morgan fingerprint density at radius 2 is 2.22 bits per heavy atom. The third-order valence-corrected chi connectivity index (χ3v) is 2.35. The van der Waals surface area contributed by atoms with Gasteiger partial charge in [-0.3, -0.25) is 4.79 Å². The fraction of sp³-hybridized carbons (Fsp3) is 0.200. The van der Waals surface area contributed by atoms with Crippen LogP contribution >= 0.6 is 0 Å². The average molecular weight is 248 g/mol. The van der Waals surface area contributed by atoms with Crippen molar-refractivity contribution in [1.29, 1.82) is 0 Å². The SMILES string of the molecule is O=C(O)Cc1nnn(-c2ccc3c(c2)OCO3)n1. The van der Waals surface area contributed by atoms with Gasteiger partial charge in [-0.25, -0.2) is 0 Å². The van der Waals surface area contributed by atoms with Crippen LogP contribution in [0.25, 0.3) is 5.69 Å². The van der Waals surface area contributed by atoms with E-state index in [1.165, 1.54) is 4.80 Å². The van der Waals surface area contributed by atoms with E-state index in [0.29, 0.717) is 17.2 Å². The van der Waals surface area contributed by atoms with Crippen molar-refractivity contribution in [3.05, 3.63) is 24.0 Å². The number of fused-ring (bicyclic) bond motifs is 1. The van der Waals surface area contributed by atoms with E-state index in [0.717, 1.165) is 0 Å². The molecule has 0 bridgehead atoms. The fourth-order valence-corrected chi connectivity index (χ4v) is 1.57. The Morgan fingerprint density at radius 3 is 3.06 bits per heavy atom. The van der Waals surface area contributed by atoms with Crippen LogP contribution in [-0.4, -0.2) is 38.1 Å². The predicted molar refractivity (Wildman–Crippen MR) is 56.6 cm³/mol. The number of aliphatic carboxylic acids is 1. The van der Waals surface area contributed by atoms with Gasteiger partial charge in [-0.2, -0.15) is 0 Å². The molecule has 92 valence electrons. The zero-order valence-electron chi connectivity index (χ0n) is 9.11. The lowest BCUT2D eigenvalue weighted by atomic mass is 10.3. The highest BCUT2D eigenvalue weighted by molar-refractivity contribution is 5.68. The van der Waals surface area contributed by atoms with Crippen LogP contribution in [-0.2, 0) is 11.2 Å². The lowest BCUT2D eigenvalue weighted by Gasteiger charge is -1.99. The Balaban J connectivity index is 1.90. The highest BCUT2D eigenvalue weighted by atomic mass is 16.7. The van der Waals surface area contributed by atoms with Crippen molar-refractivity contribution in [2.24, 2.45) is 0 Å². The smallest absolute Gasteiger partial charge is 0.311 e. The minimum Gasteiger partial charge on any atom is -0.481 e. The summed E-state index contributed by atoms with van der Waals surface area (Å²) in [6.45, 7) is 0.188. The summed E-state index contributed by atoms with van der Waals surface area (Å²) < 4.78 is 10.4. The number of rotatable bonds is 3. The van der Waals surface area contributed by atoms with Gasteiger partial charge in [0, 0.05) is 6.07 Å². The van der Waals surface area contributed by atoms with Crippen molar-refractivity contribution in [2.75, 3.05) is 6.79 Å². The zero-order chi connectivity index (χ0) is 12.5. The second-order valence-electron chi connectivity index (χ2n) is 3.60. The summed E-state index contributed by atoms with van der Waals surface area (Å²) in [4.78, 5) is 11.8. The summed E-state index contributed by atoms with van der Waals surface area (Å²) in [6, 6.07) is 5.17. The zero-order valence-corrected chi connectivity index (χ0v) is 9.11. The molecule has 0 atom stereocenters. The van der Waals surface area contributed by atoms with E-state index in [1.807, 2.05) is 0 Å². The first kappa shape index (κ1) is 10.5. The maximum absolute atomic E-state index is 10.5. The van der Waals surface area contributed by atoms with E-state index in [9.17, 15) is 4.79 Å². The first-order valence-electron chi connectivity index (χ1n) is 5.13. The van der Waals surface area contributed by atoms with Crippen LogP contribution < -0.4 is 9.47 Å². The maximum Gasteiger partial charge on any atom is 0.311 e. The van der Waals surface area contributed by atoms with Crippen molar-refractivity contribution >= 4 is 5.97 Å². The molecule has 8 heteroatoms. The van der Waals surface area contributed by atoms with Crippen LogP contribution in [0.5, 0.6) is 11.5 Å². The van der Waals surface area contributed by atoms with Crippen LogP contribution in [0.15, 0.2) is 18.2 Å². The van der Waals surface area contributed by atoms with E-state index >= 15 is 0 Å². The summed E-state index contributed by atoms with van der Waals surface area (Å²) in [6.07, 6.45) is -0.259. The molecule has 0 radical (unpaired) electrons. The van der Waals surface area contributed by atoms with Crippen molar-refractivity contribution < 1.29 is 19.4 Å². The van der Waals surface area contributed by atoms with E-state index in [2.05, 4.69) is 15.4 Å². The Morgan fingerprint density at radius 1 is 1.39 bits per heavy atom. The second-order valence-corrected chi connectivity index (χ2v) is 3.60. The molecule has 2 heterocycles. The van der Waals surface area contributed by atoms with Gasteiger partial charge in [0.15, 0.2) is 17.3 Å². The second kappa shape index (κ2) is 3.99. The van der Waals surface area contributed by atoms with E-state index < -0.39 is 5.97 Å². The van der Waals surface area contributed by atoms with Crippen LogP contribution in [0.2, 0.25) is 0 Å². The standard InChI is InChI=1S/C10H8N4O4/c15-10(16)4-9-11-13-14(12-9)6-1-2-7-8(3-6)18-5-17-7/h1-3H,4-5H2,(H,15,16). The molecule has 1 aromatic heterocycles. The topological polar surface area (TPSA) is 99.4 Å². The molecule has 1 aromatic carbocycles. The van der Waals surface area contributed by atoms with Crippen LogP contribution in [0.3, 0.4) is 0 Å². The van der Waals surface area contributed by atoms with Gasteiger partial charge in [-0.05, 0) is 17.3 Å². The Kier molecular flexibility index (Phi) is 2.33. The first-order chi connectivity index (χ1) is 8.72. The maximum atomic E-state index is 10.5. The number of hydrogen-bond acceptors (Lipinski definition) is 6. The molecule has 0 spiro atoms. The largest absolute Gasteiger partial charge is 0.481 e. The third kappa shape index (κ3) is 1.83. The normalized spacial score (nSPS) is 12.7. The Hall–Kier alpha value is -2.64. The molecule has 0 amide bonds. The van der Waals surface area contributed by atoms with Crippen LogP contribution in [0, 0.1) is 0 Å². The first-order valence-corrected chi connectivity index (χ1v) is 5.13. The summed E-state index contributed by atoms with van der Waals surface area (Å²) in [5.74, 6) is 0.412. The van der Waals surface area contributed by atoms with Gasteiger partial charge in [-0.1, -0.05) is 0 Å². The molecule has 0 unspecified atom stereocenters. The number of carbonyl (C=O) groups is 1. The number of nitrogens with zero attached hydrogens (tertiary/aromatic N) is 4. The molecule has 8 nitrogen and oxygen atoms in total. The molecule has 0 saturated carbocycles. The summed E-state index contributed by atoms with van der Waals surface area (Å²) in [5, 5.41) is 20.0. The Bertz CT molecular complexity index is 610. The minimum absolute atomic E-state index is 0.153. The van der Waals surface area contributed by atoms with Gasteiger partial charge in [0.05, 0.1) is 5.69 Å². The number of aromatic nitrogens is 4. The van der Waals surface area contributed by atoms with E-state index in [1.54, 1.807) is 18.2 Å². The number of ether oxygens (including phenoxy) is 2. The highest BCUT2D eigenvalue weighted by Crippen LogP contribution is 2.33. The summed E-state index contributed by atoms with van der Waals surface area (Å²) in [5.41, 5.74) is 0.628. The van der Waals surface area contributed by atoms with Gasteiger partial charge in [0.2, 0.25) is 6.79 Å². The van der Waals surface area contributed by atoms with Crippen molar-refractivity contribution in [1.82, 2.24) is 20.2 Å². The van der Waals surface area contributed by atoms with Gasteiger partial charge >= 0.3 is 5.97 Å². The Labute approximate surface area is 101 Å². The summed E-state index contributed by atoms with van der Waals surface area (Å²) >= 11 is 0. The molecule has 1 aliphatic rings. The predicted octanol–water partition coefficient (Wildman–Crippen LogP) is 0.0181. The lowest BCUT2D eigenvalue weighted by molar-refractivity contribution is -0.136. The molecule has 1 aliphatic heterocycles. The highest BCUT2D eigenvalue weighted by Gasteiger charge is 2.15. The number of carboxylic acid groups (broad SMARTS) is 1. The molecule has 1 N–H and O–H groups in total. The molecule has 0 saturated heterocycles. The van der Waals surface area contributed by atoms with Gasteiger partial charge < -0.3 is 14.6 Å². The van der Waals surface area contributed by atoms with Crippen molar-refractivity contribution in [3.63, 3.8) is 0 Å². The molecular weight excluding hydrogens is 240 g/mol. The molecule has 0 aliphatic carbocycles. The lowest BCUT2D eigenvalue weighted by Crippen LogP contribution is -2.03. The molecular formula is C10H8N4O4. The molecule has 3 rings (SSSR count). The number of tetrazole rings is 1. The fourth-order valence-electron chi connectivity index (χ4n) is 1.57. The number of carboxylic acids is 1. The quantitative estimate of drug-likeness (QED) is 0.817. The van der Waals surface area contributed by atoms with Crippen LogP contribution in [0.4, 0.5) is 0 Å². The van der Waals surface area contributed by atoms with E-state index in [4.69, 9.17) is 14.6 Å². The van der Waals surface area contributed by atoms with Crippen LogP contribution in [0.1, 0.15) is 5.82 Å². The van der Waals surface area contributed by atoms with Gasteiger partial charge in [0.1, 0.15) is 6.42 Å². The van der Waals surface area contributed by atoms with Crippen molar-refractivity contribution in [3.8, 4) is 17.2 Å². The van der Waals surface area contributed by atoms with E-state index in [-0.39, 0.29) is 19.0 Å². The monoisotopic (exact) mass is 248 g/mol. The third-order valence-electron chi connectivity index (χ3n) is 2.35. The van der Waals surface area contributed by atoms with Crippen molar-refractivity contribution in [2.45, 2.75) is 6.42 Å². The number of hydrogen-bond donors (Lipinski definition) is 1. The summed E-state index contributed by atoms with van der Waals surface area (Å²) in [7, 11) is 0. The average Bonchev–Trinajstić information content (AvgIpc) is 2.95. The minimum atomic E-state index is -1.000. The van der Waals surface area contributed by atoms with Gasteiger partial charge in [-0.15, -0.1) is 15.0 Å².